The standard InChI is InChI=1S/C14H12BrN3O4/c1-9-7-10(15)4-5-11(9)17-13(19)8-22-12-3-2-6-16-14(12)18(20)21/h2-7H,8H2,1H3,(H,17,19). The number of aryl methyl sites for hydroxylation is 1. The molecule has 114 valence electrons. The molecule has 0 saturated carbocycles. The summed E-state index contributed by atoms with van der Waals surface area (Å²) in [6.07, 6.45) is 1.29. The van der Waals surface area contributed by atoms with Gasteiger partial charge in [0, 0.05) is 10.2 Å². The maximum absolute atomic E-state index is 11.9. The number of hydrogen-bond acceptors (Lipinski definition) is 5. The van der Waals surface area contributed by atoms with Crippen molar-refractivity contribution in [1.29, 1.82) is 0 Å². The van der Waals surface area contributed by atoms with Gasteiger partial charge in [-0.25, -0.2) is 0 Å². The van der Waals surface area contributed by atoms with Gasteiger partial charge in [-0.3, -0.25) is 4.79 Å². The lowest BCUT2D eigenvalue weighted by Crippen LogP contribution is -2.21. The van der Waals surface area contributed by atoms with Gasteiger partial charge < -0.3 is 20.2 Å². The van der Waals surface area contributed by atoms with Crippen molar-refractivity contribution in [3.63, 3.8) is 0 Å². The van der Waals surface area contributed by atoms with E-state index >= 15 is 0 Å². The lowest BCUT2D eigenvalue weighted by molar-refractivity contribution is -0.390. The van der Waals surface area contributed by atoms with E-state index in [1.54, 1.807) is 12.1 Å². The topological polar surface area (TPSA) is 94.4 Å². The van der Waals surface area contributed by atoms with Crippen molar-refractivity contribution in [3.8, 4) is 5.75 Å². The average Bonchev–Trinajstić information content (AvgIpc) is 2.48. The molecular formula is C14H12BrN3O4. The van der Waals surface area contributed by atoms with Crippen molar-refractivity contribution in [2.75, 3.05) is 11.9 Å². The van der Waals surface area contributed by atoms with Gasteiger partial charge in [-0.2, -0.15) is 0 Å². The van der Waals surface area contributed by atoms with Crippen LogP contribution in [0.3, 0.4) is 0 Å². The van der Waals surface area contributed by atoms with E-state index in [-0.39, 0.29) is 12.4 Å². The van der Waals surface area contributed by atoms with Crippen LogP contribution in [0.2, 0.25) is 0 Å². The summed E-state index contributed by atoms with van der Waals surface area (Å²) in [7, 11) is 0. The molecule has 1 amide bonds. The molecule has 0 fully saturated rings. The number of hydrogen-bond donors (Lipinski definition) is 1. The van der Waals surface area contributed by atoms with E-state index in [9.17, 15) is 14.9 Å². The number of benzene rings is 1. The Kier molecular flexibility index (Phi) is 5.05. The Balaban J connectivity index is 2.00. The first-order chi connectivity index (χ1) is 10.5. The van der Waals surface area contributed by atoms with Crippen molar-refractivity contribution in [3.05, 3.63) is 56.7 Å². The first-order valence-electron chi connectivity index (χ1n) is 6.25. The van der Waals surface area contributed by atoms with Gasteiger partial charge in [0.15, 0.2) is 6.61 Å². The van der Waals surface area contributed by atoms with Crippen LogP contribution in [-0.4, -0.2) is 22.4 Å². The first kappa shape index (κ1) is 15.9. The molecule has 0 bridgehead atoms. The minimum atomic E-state index is -0.661. The van der Waals surface area contributed by atoms with E-state index in [4.69, 9.17) is 4.74 Å². The molecule has 1 heterocycles. The molecule has 22 heavy (non-hydrogen) atoms. The molecular weight excluding hydrogens is 354 g/mol. The maximum Gasteiger partial charge on any atom is 0.406 e. The monoisotopic (exact) mass is 365 g/mol. The minimum Gasteiger partial charge on any atom is -0.476 e. The number of anilines is 1. The van der Waals surface area contributed by atoms with Crippen molar-refractivity contribution in [2.24, 2.45) is 0 Å². The summed E-state index contributed by atoms with van der Waals surface area (Å²) < 4.78 is 6.08. The Morgan fingerprint density at radius 3 is 2.91 bits per heavy atom. The van der Waals surface area contributed by atoms with Crippen LogP contribution in [0.5, 0.6) is 5.75 Å². The summed E-state index contributed by atoms with van der Waals surface area (Å²) in [6.45, 7) is 1.51. The Labute approximate surface area is 134 Å². The lowest BCUT2D eigenvalue weighted by atomic mass is 10.2. The highest BCUT2D eigenvalue weighted by atomic mass is 79.9. The molecule has 0 aliphatic carbocycles. The lowest BCUT2D eigenvalue weighted by Gasteiger charge is -2.09. The summed E-state index contributed by atoms with van der Waals surface area (Å²) in [6, 6.07) is 8.31. The van der Waals surface area contributed by atoms with Gasteiger partial charge in [0.2, 0.25) is 5.75 Å². The number of amides is 1. The van der Waals surface area contributed by atoms with Crippen LogP contribution in [0.4, 0.5) is 11.5 Å². The van der Waals surface area contributed by atoms with E-state index in [1.807, 2.05) is 13.0 Å². The normalized spacial score (nSPS) is 10.1. The fraction of sp³-hybridized carbons (Fsp3) is 0.143. The molecule has 1 aromatic carbocycles. The third-order valence-corrected chi connectivity index (χ3v) is 3.24. The Morgan fingerprint density at radius 2 is 2.23 bits per heavy atom. The number of rotatable bonds is 5. The van der Waals surface area contributed by atoms with Gasteiger partial charge in [0.05, 0.1) is 0 Å². The van der Waals surface area contributed by atoms with Crippen molar-refractivity contribution in [1.82, 2.24) is 4.98 Å². The third kappa shape index (κ3) is 4.01. The van der Waals surface area contributed by atoms with Crippen molar-refractivity contribution in [2.45, 2.75) is 6.92 Å². The zero-order valence-electron chi connectivity index (χ0n) is 11.6. The van der Waals surface area contributed by atoms with Crippen LogP contribution in [-0.2, 0) is 4.79 Å². The Bertz CT molecular complexity index is 721. The Morgan fingerprint density at radius 1 is 1.45 bits per heavy atom. The number of halogens is 1. The largest absolute Gasteiger partial charge is 0.476 e. The summed E-state index contributed by atoms with van der Waals surface area (Å²) in [5.74, 6) is -0.881. The molecule has 0 saturated heterocycles. The summed E-state index contributed by atoms with van der Waals surface area (Å²) in [4.78, 5) is 25.6. The number of nitro groups is 1. The van der Waals surface area contributed by atoms with Crippen molar-refractivity contribution < 1.29 is 14.5 Å². The molecule has 0 radical (unpaired) electrons. The molecule has 1 N–H and O–H groups in total. The van der Waals surface area contributed by atoms with Crippen LogP contribution in [0.25, 0.3) is 0 Å². The van der Waals surface area contributed by atoms with E-state index in [2.05, 4.69) is 26.2 Å². The van der Waals surface area contributed by atoms with Crippen LogP contribution >= 0.6 is 15.9 Å². The molecule has 1 aromatic heterocycles. The van der Waals surface area contributed by atoms with E-state index in [0.717, 1.165) is 10.0 Å². The van der Waals surface area contributed by atoms with Gasteiger partial charge in [0.1, 0.15) is 6.20 Å². The molecule has 2 aromatic rings. The third-order valence-electron chi connectivity index (χ3n) is 2.75. The number of ether oxygens (including phenoxy) is 1. The van der Waals surface area contributed by atoms with Crippen LogP contribution in [0.1, 0.15) is 5.56 Å². The molecule has 0 atom stereocenters. The molecule has 0 unspecified atom stereocenters. The maximum atomic E-state index is 11.9. The number of pyridine rings is 1. The zero-order chi connectivity index (χ0) is 16.1. The molecule has 7 nitrogen and oxygen atoms in total. The van der Waals surface area contributed by atoms with Crippen molar-refractivity contribution >= 4 is 33.3 Å². The second-order valence-electron chi connectivity index (χ2n) is 4.38. The van der Waals surface area contributed by atoms with E-state index in [0.29, 0.717) is 5.69 Å². The van der Waals surface area contributed by atoms with E-state index < -0.39 is 16.6 Å². The zero-order valence-corrected chi connectivity index (χ0v) is 13.2. The smallest absolute Gasteiger partial charge is 0.406 e. The SMILES string of the molecule is Cc1cc(Br)ccc1NC(=O)COc1cccnc1[N+](=O)[O-]. The van der Waals surface area contributed by atoms with Crippen LogP contribution in [0, 0.1) is 17.0 Å². The molecule has 2 rings (SSSR count). The number of aromatic nitrogens is 1. The van der Waals surface area contributed by atoms with Gasteiger partial charge in [0.25, 0.3) is 5.91 Å². The summed E-state index contributed by atoms with van der Waals surface area (Å²) >= 11 is 3.34. The average molecular weight is 366 g/mol. The molecule has 0 aliphatic rings. The minimum absolute atomic E-state index is 0.0461. The molecule has 0 spiro atoms. The highest BCUT2D eigenvalue weighted by Crippen LogP contribution is 2.23. The predicted octanol–water partition coefficient (Wildman–Crippen LogP) is 3.08. The predicted molar refractivity (Wildman–Crippen MR) is 83.9 cm³/mol. The number of carbonyl (C=O) groups excluding carboxylic acids is 1. The number of carbonyl (C=O) groups is 1. The van der Waals surface area contributed by atoms with Gasteiger partial charge in [-0.1, -0.05) is 15.9 Å². The number of nitrogens with one attached hydrogen (secondary N) is 1. The molecule has 8 heteroatoms. The Hall–Kier alpha value is -2.48. The van der Waals surface area contributed by atoms with Gasteiger partial charge >= 0.3 is 5.82 Å². The fourth-order valence-electron chi connectivity index (χ4n) is 1.73. The summed E-state index contributed by atoms with van der Waals surface area (Å²) in [5.41, 5.74) is 1.53. The highest BCUT2D eigenvalue weighted by molar-refractivity contribution is 9.10. The quantitative estimate of drug-likeness (QED) is 0.648. The first-order valence-corrected chi connectivity index (χ1v) is 7.05. The number of nitrogens with zero attached hydrogens (tertiary/aromatic N) is 2. The van der Waals surface area contributed by atoms with Crippen LogP contribution < -0.4 is 10.1 Å². The fourth-order valence-corrected chi connectivity index (χ4v) is 2.20. The second-order valence-corrected chi connectivity index (χ2v) is 5.29. The second kappa shape index (κ2) is 6.99. The van der Waals surface area contributed by atoms with Crippen LogP contribution in [0.15, 0.2) is 41.0 Å². The van der Waals surface area contributed by atoms with Gasteiger partial charge in [-0.15, -0.1) is 0 Å². The molecule has 0 aliphatic heterocycles. The highest BCUT2D eigenvalue weighted by Gasteiger charge is 2.16. The van der Waals surface area contributed by atoms with Gasteiger partial charge in [-0.05, 0) is 52.7 Å². The van der Waals surface area contributed by atoms with E-state index in [1.165, 1.54) is 18.3 Å². The summed E-state index contributed by atoms with van der Waals surface area (Å²) in [5, 5.41) is 13.5.